The van der Waals surface area contributed by atoms with Crippen LogP contribution in [0.4, 0.5) is 0 Å². The van der Waals surface area contributed by atoms with Gasteiger partial charge in [-0.1, -0.05) is 0 Å². The van der Waals surface area contributed by atoms with Crippen LogP contribution < -0.4 is 4.74 Å². The molecule has 0 N–H and O–H groups in total. The Kier molecular flexibility index (Phi) is 2.45. The van der Waals surface area contributed by atoms with Crippen LogP contribution >= 0.6 is 15.9 Å². The standard InChI is InChI=1S/C8H7BrN4O/c1-14-7-6(9)4-11-8(12-7)13-3-2-10-5-13/h2-5H,1H3. The summed E-state index contributed by atoms with van der Waals surface area (Å²) < 4.78 is 7.48. The number of nitrogens with zero attached hydrogens (tertiary/aromatic N) is 4. The highest BCUT2D eigenvalue weighted by Crippen LogP contribution is 2.21. The lowest BCUT2D eigenvalue weighted by Gasteiger charge is -2.04. The summed E-state index contributed by atoms with van der Waals surface area (Å²) in [6.45, 7) is 0. The highest BCUT2D eigenvalue weighted by Gasteiger charge is 2.05. The summed E-state index contributed by atoms with van der Waals surface area (Å²) in [5.74, 6) is 1.03. The molecule has 14 heavy (non-hydrogen) atoms. The van der Waals surface area contributed by atoms with Gasteiger partial charge in [0.1, 0.15) is 6.33 Å². The molecule has 0 spiro atoms. The fourth-order valence-corrected chi connectivity index (χ4v) is 1.34. The van der Waals surface area contributed by atoms with Gasteiger partial charge < -0.3 is 4.74 Å². The van der Waals surface area contributed by atoms with Crippen LogP contribution in [0.3, 0.4) is 0 Å². The third-order valence-electron chi connectivity index (χ3n) is 1.63. The maximum absolute atomic E-state index is 5.05. The first-order valence-corrected chi connectivity index (χ1v) is 4.65. The van der Waals surface area contributed by atoms with Gasteiger partial charge in [0.2, 0.25) is 11.8 Å². The van der Waals surface area contributed by atoms with Gasteiger partial charge in [0.25, 0.3) is 0 Å². The van der Waals surface area contributed by atoms with Crippen LogP contribution in [0.15, 0.2) is 29.4 Å². The zero-order chi connectivity index (χ0) is 9.97. The molecule has 2 aromatic rings. The van der Waals surface area contributed by atoms with E-state index in [9.17, 15) is 0 Å². The van der Waals surface area contributed by atoms with Crippen molar-refractivity contribution in [1.82, 2.24) is 19.5 Å². The smallest absolute Gasteiger partial charge is 0.238 e. The van der Waals surface area contributed by atoms with E-state index in [4.69, 9.17) is 4.74 Å². The van der Waals surface area contributed by atoms with Gasteiger partial charge >= 0.3 is 0 Å². The van der Waals surface area contributed by atoms with E-state index in [1.165, 1.54) is 0 Å². The summed E-state index contributed by atoms with van der Waals surface area (Å²) in [6, 6.07) is 0. The number of hydrogen-bond acceptors (Lipinski definition) is 4. The Balaban J connectivity index is 2.46. The van der Waals surface area contributed by atoms with Crippen molar-refractivity contribution in [3.63, 3.8) is 0 Å². The van der Waals surface area contributed by atoms with Crippen LogP contribution in [-0.4, -0.2) is 26.6 Å². The van der Waals surface area contributed by atoms with Gasteiger partial charge in [-0.3, -0.25) is 4.57 Å². The molecule has 0 bridgehead atoms. The number of methoxy groups -OCH3 is 1. The maximum atomic E-state index is 5.05. The molecule has 0 amide bonds. The largest absolute Gasteiger partial charge is 0.480 e. The molecule has 0 aliphatic heterocycles. The third-order valence-corrected chi connectivity index (χ3v) is 2.17. The monoisotopic (exact) mass is 254 g/mol. The highest BCUT2D eigenvalue weighted by atomic mass is 79.9. The average molecular weight is 255 g/mol. The van der Waals surface area contributed by atoms with Crippen LogP contribution in [0.1, 0.15) is 0 Å². The van der Waals surface area contributed by atoms with E-state index in [1.54, 1.807) is 36.6 Å². The van der Waals surface area contributed by atoms with Crippen LogP contribution in [0.5, 0.6) is 5.88 Å². The molecule has 2 aromatic heterocycles. The zero-order valence-corrected chi connectivity index (χ0v) is 8.97. The lowest BCUT2D eigenvalue weighted by molar-refractivity contribution is 0.393. The second kappa shape index (κ2) is 3.75. The quantitative estimate of drug-likeness (QED) is 0.814. The van der Waals surface area contributed by atoms with Crippen molar-refractivity contribution < 1.29 is 4.74 Å². The van der Waals surface area contributed by atoms with Crippen molar-refractivity contribution in [2.24, 2.45) is 0 Å². The summed E-state index contributed by atoms with van der Waals surface area (Å²) in [4.78, 5) is 12.2. The number of hydrogen-bond donors (Lipinski definition) is 0. The Hall–Kier alpha value is -1.43. The Morgan fingerprint density at radius 3 is 3.00 bits per heavy atom. The first-order valence-electron chi connectivity index (χ1n) is 3.86. The van der Waals surface area contributed by atoms with E-state index in [0.29, 0.717) is 11.8 Å². The summed E-state index contributed by atoms with van der Waals surface area (Å²) in [5.41, 5.74) is 0. The normalized spacial score (nSPS) is 10.1. The summed E-state index contributed by atoms with van der Waals surface area (Å²) in [7, 11) is 1.56. The fraction of sp³-hybridized carbons (Fsp3) is 0.125. The van der Waals surface area contributed by atoms with Gasteiger partial charge in [-0.2, -0.15) is 4.98 Å². The Bertz CT molecular complexity index is 429. The minimum absolute atomic E-state index is 0.503. The molecule has 2 rings (SSSR count). The Morgan fingerprint density at radius 2 is 2.36 bits per heavy atom. The molecule has 0 fully saturated rings. The molecule has 72 valence electrons. The second-order valence-electron chi connectivity index (χ2n) is 2.50. The van der Waals surface area contributed by atoms with E-state index in [-0.39, 0.29) is 0 Å². The summed E-state index contributed by atoms with van der Waals surface area (Å²) in [6.07, 6.45) is 6.70. The predicted octanol–water partition coefficient (Wildman–Crippen LogP) is 1.43. The predicted molar refractivity (Wildman–Crippen MR) is 53.4 cm³/mol. The molecule has 0 unspecified atom stereocenters. The molecular weight excluding hydrogens is 248 g/mol. The van der Waals surface area contributed by atoms with E-state index in [2.05, 4.69) is 30.9 Å². The van der Waals surface area contributed by atoms with Crippen molar-refractivity contribution in [2.45, 2.75) is 0 Å². The molecule has 2 heterocycles. The van der Waals surface area contributed by atoms with Gasteiger partial charge in [0.05, 0.1) is 17.8 Å². The molecule has 0 aliphatic carbocycles. The lowest BCUT2D eigenvalue weighted by atomic mass is 10.6. The third kappa shape index (κ3) is 1.60. The van der Waals surface area contributed by atoms with Crippen LogP contribution in [0.25, 0.3) is 5.95 Å². The van der Waals surface area contributed by atoms with Gasteiger partial charge in [-0.15, -0.1) is 0 Å². The van der Waals surface area contributed by atoms with Crippen LogP contribution in [0, 0.1) is 0 Å². The van der Waals surface area contributed by atoms with Crippen molar-refractivity contribution in [3.8, 4) is 11.8 Å². The van der Waals surface area contributed by atoms with E-state index in [0.717, 1.165) is 4.47 Å². The van der Waals surface area contributed by atoms with Crippen LogP contribution in [0.2, 0.25) is 0 Å². The highest BCUT2D eigenvalue weighted by molar-refractivity contribution is 9.10. The summed E-state index contributed by atoms with van der Waals surface area (Å²) >= 11 is 3.28. The van der Waals surface area contributed by atoms with E-state index >= 15 is 0 Å². The number of imidazole rings is 1. The SMILES string of the molecule is COc1nc(-n2ccnc2)ncc1Br. The maximum Gasteiger partial charge on any atom is 0.238 e. The average Bonchev–Trinajstić information content (AvgIpc) is 2.71. The molecule has 0 saturated heterocycles. The molecule has 0 aliphatic rings. The van der Waals surface area contributed by atoms with Crippen LogP contribution in [-0.2, 0) is 0 Å². The van der Waals surface area contributed by atoms with Crippen molar-refractivity contribution >= 4 is 15.9 Å². The van der Waals surface area contributed by atoms with E-state index in [1.807, 2.05) is 0 Å². The van der Waals surface area contributed by atoms with Gasteiger partial charge in [-0.25, -0.2) is 9.97 Å². The second-order valence-corrected chi connectivity index (χ2v) is 3.35. The first kappa shape index (κ1) is 9.14. The van der Waals surface area contributed by atoms with Gasteiger partial charge in [0.15, 0.2) is 0 Å². The molecule has 6 heteroatoms. The van der Waals surface area contributed by atoms with Crippen molar-refractivity contribution in [3.05, 3.63) is 29.4 Å². The molecule has 5 nitrogen and oxygen atoms in total. The topological polar surface area (TPSA) is 52.8 Å². The molecule has 0 atom stereocenters. The summed E-state index contributed by atoms with van der Waals surface area (Å²) in [5, 5.41) is 0. The molecule has 0 aromatic carbocycles. The van der Waals surface area contributed by atoms with E-state index < -0.39 is 0 Å². The van der Waals surface area contributed by atoms with Gasteiger partial charge in [-0.05, 0) is 15.9 Å². The Labute approximate surface area is 88.9 Å². The lowest BCUT2D eigenvalue weighted by Crippen LogP contribution is -2.00. The van der Waals surface area contributed by atoms with Crippen molar-refractivity contribution in [1.29, 1.82) is 0 Å². The van der Waals surface area contributed by atoms with Gasteiger partial charge in [0, 0.05) is 12.4 Å². The van der Waals surface area contributed by atoms with Crippen molar-refractivity contribution in [2.75, 3.05) is 7.11 Å². The number of ether oxygens (including phenoxy) is 1. The minimum Gasteiger partial charge on any atom is -0.480 e. The zero-order valence-electron chi connectivity index (χ0n) is 7.38. The fourth-order valence-electron chi connectivity index (χ4n) is 0.988. The number of aromatic nitrogens is 4. The first-order chi connectivity index (χ1) is 6.81. The molecule has 0 saturated carbocycles. The number of rotatable bonds is 2. The molecule has 0 radical (unpaired) electrons. The molecular formula is C8H7BrN4O. The number of halogens is 1. The Morgan fingerprint density at radius 1 is 1.50 bits per heavy atom. The minimum atomic E-state index is 0.503.